The first kappa shape index (κ1) is 15.7. The quantitative estimate of drug-likeness (QED) is 0.854. The molecule has 0 saturated heterocycles. The first-order valence-corrected chi connectivity index (χ1v) is 6.93. The third kappa shape index (κ3) is 3.35. The highest BCUT2D eigenvalue weighted by Crippen LogP contribution is 2.28. The number of hydrogen-bond donors (Lipinski definition) is 1. The van der Waals surface area contributed by atoms with Crippen LogP contribution in [0, 0.1) is 0 Å². The number of aryl methyl sites for hydroxylation is 1. The average molecular weight is 263 g/mol. The zero-order chi connectivity index (χ0) is 14.6. The highest BCUT2D eigenvalue weighted by Gasteiger charge is 2.36. The topological polar surface area (TPSA) is 40.5 Å². The number of carboxylic acid groups (broad SMARTS) is 1. The molecule has 1 atom stereocenters. The minimum atomic E-state index is -0.863. The maximum Gasteiger partial charge on any atom is 0.323 e. The van der Waals surface area contributed by atoms with Crippen LogP contribution in [0.2, 0.25) is 0 Å². The van der Waals surface area contributed by atoms with Gasteiger partial charge in [0.25, 0.3) is 0 Å². The molecule has 106 valence electrons. The number of carbonyl (C=O) groups is 1. The van der Waals surface area contributed by atoms with Gasteiger partial charge in [0.1, 0.15) is 5.54 Å². The monoisotopic (exact) mass is 263 g/mol. The van der Waals surface area contributed by atoms with Crippen molar-refractivity contribution in [1.29, 1.82) is 0 Å². The number of likely N-dealkylation sites (N-methyl/N-ethyl adjacent to an activating group) is 1. The molecule has 0 aliphatic heterocycles. The first-order valence-electron chi connectivity index (χ1n) is 6.93. The fraction of sp³-hybridized carbons (Fsp3) is 0.562. The fourth-order valence-electron chi connectivity index (χ4n) is 2.49. The summed E-state index contributed by atoms with van der Waals surface area (Å²) in [6, 6.07) is 8.52. The molecule has 1 aromatic rings. The lowest BCUT2D eigenvalue weighted by Gasteiger charge is -2.39. The molecule has 1 aromatic carbocycles. The highest BCUT2D eigenvalue weighted by atomic mass is 16.4. The third-order valence-corrected chi connectivity index (χ3v) is 3.92. The van der Waals surface area contributed by atoms with E-state index in [-0.39, 0.29) is 6.04 Å². The second-order valence-electron chi connectivity index (χ2n) is 5.42. The Labute approximate surface area is 116 Å². The molecule has 3 heteroatoms. The van der Waals surface area contributed by atoms with Gasteiger partial charge in [-0.3, -0.25) is 9.69 Å². The molecule has 0 radical (unpaired) electrons. The van der Waals surface area contributed by atoms with Crippen LogP contribution in [0.3, 0.4) is 0 Å². The van der Waals surface area contributed by atoms with Gasteiger partial charge in [-0.2, -0.15) is 0 Å². The molecule has 0 aliphatic carbocycles. The van der Waals surface area contributed by atoms with Crippen molar-refractivity contribution in [2.45, 2.75) is 52.6 Å². The number of aliphatic carboxylic acids is 1. The van der Waals surface area contributed by atoms with Crippen molar-refractivity contribution in [2.75, 3.05) is 6.54 Å². The van der Waals surface area contributed by atoms with E-state index in [1.54, 1.807) is 13.8 Å². The van der Waals surface area contributed by atoms with E-state index in [0.29, 0.717) is 6.54 Å². The molecule has 1 N–H and O–H groups in total. The minimum Gasteiger partial charge on any atom is -0.480 e. The standard InChI is InChI=1S/C16H25NO2/c1-6-13-8-10-14(11-9-13)12(3)17(7-2)16(4,5)15(18)19/h8-12H,6-7H2,1-5H3,(H,18,19). The normalized spacial score (nSPS) is 13.6. The van der Waals surface area contributed by atoms with Gasteiger partial charge in [-0.1, -0.05) is 38.1 Å². The lowest BCUT2D eigenvalue weighted by molar-refractivity contribution is -0.150. The van der Waals surface area contributed by atoms with E-state index in [2.05, 4.69) is 38.1 Å². The number of hydrogen-bond acceptors (Lipinski definition) is 2. The van der Waals surface area contributed by atoms with Crippen molar-refractivity contribution in [3.05, 3.63) is 35.4 Å². The van der Waals surface area contributed by atoms with Crippen molar-refractivity contribution in [2.24, 2.45) is 0 Å². The van der Waals surface area contributed by atoms with E-state index < -0.39 is 11.5 Å². The largest absolute Gasteiger partial charge is 0.480 e. The van der Waals surface area contributed by atoms with E-state index >= 15 is 0 Å². The molecule has 1 rings (SSSR count). The maximum absolute atomic E-state index is 11.4. The van der Waals surface area contributed by atoms with Crippen LogP contribution in [-0.4, -0.2) is 28.1 Å². The van der Waals surface area contributed by atoms with Crippen LogP contribution in [0.4, 0.5) is 0 Å². The van der Waals surface area contributed by atoms with Crippen molar-refractivity contribution >= 4 is 5.97 Å². The summed E-state index contributed by atoms with van der Waals surface area (Å²) in [6.07, 6.45) is 1.02. The second-order valence-corrected chi connectivity index (χ2v) is 5.42. The molecular formula is C16H25NO2. The summed E-state index contributed by atoms with van der Waals surface area (Å²) in [7, 11) is 0. The number of nitrogens with zero attached hydrogens (tertiary/aromatic N) is 1. The van der Waals surface area contributed by atoms with Crippen LogP contribution < -0.4 is 0 Å². The molecule has 0 aromatic heterocycles. The van der Waals surface area contributed by atoms with Crippen LogP contribution in [0.1, 0.15) is 51.8 Å². The number of rotatable bonds is 6. The lowest BCUT2D eigenvalue weighted by atomic mass is 9.96. The molecule has 0 amide bonds. The number of benzene rings is 1. The van der Waals surface area contributed by atoms with Crippen molar-refractivity contribution in [3.8, 4) is 0 Å². The predicted molar refractivity (Wildman–Crippen MR) is 78.3 cm³/mol. The van der Waals surface area contributed by atoms with E-state index in [9.17, 15) is 9.90 Å². The Bertz CT molecular complexity index is 423. The van der Waals surface area contributed by atoms with E-state index in [0.717, 1.165) is 12.0 Å². The maximum atomic E-state index is 11.4. The molecule has 0 bridgehead atoms. The summed E-state index contributed by atoms with van der Waals surface area (Å²) in [5.74, 6) is -0.786. The number of carboxylic acids is 1. The lowest BCUT2D eigenvalue weighted by Crippen LogP contribution is -2.50. The van der Waals surface area contributed by atoms with E-state index in [4.69, 9.17) is 0 Å². The van der Waals surface area contributed by atoms with Crippen LogP contribution in [0.5, 0.6) is 0 Å². The van der Waals surface area contributed by atoms with E-state index in [1.165, 1.54) is 5.56 Å². The van der Waals surface area contributed by atoms with Crippen LogP contribution in [0.25, 0.3) is 0 Å². The summed E-state index contributed by atoms with van der Waals surface area (Å²) >= 11 is 0. The Morgan fingerprint density at radius 3 is 2.16 bits per heavy atom. The molecule has 19 heavy (non-hydrogen) atoms. The molecule has 0 heterocycles. The summed E-state index contributed by atoms with van der Waals surface area (Å²) in [5, 5.41) is 9.38. The third-order valence-electron chi connectivity index (χ3n) is 3.92. The van der Waals surface area contributed by atoms with Gasteiger partial charge in [0.2, 0.25) is 0 Å². The minimum absolute atomic E-state index is 0.0852. The molecule has 1 unspecified atom stereocenters. The zero-order valence-corrected chi connectivity index (χ0v) is 12.6. The van der Waals surface area contributed by atoms with Gasteiger partial charge in [-0.15, -0.1) is 0 Å². The van der Waals surface area contributed by atoms with Crippen molar-refractivity contribution < 1.29 is 9.90 Å². The zero-order valence-electron chi connectivity index (χ0n) is 12.6. The Hall–Kier alpha value is -1.35. The highest BCUT2D eigenvalue weighted by molar-refractivity contribution is 5.77. The Kier molecular flexibility index (Phi) is 5.12. The summed E-state index contributed by atoms with van der Waals surface area (Å²) < 4.78 is 0. The van der Waals surface area contributed by atoms with Crippen LogP contribution in [-0.2, 0) is 11.2 Å². The van der Waals surface area contributed by atoms with Gasteiger partial charge in [0.05, 0.1) is 0 Å². The molecular weight excluding hydrogens is 238 g/mol. The van der Waals surface area contributed by atoms with Gasteiger partial charge in [-0.25, -0.2) is 0 Å². The van der Waals surface area contributed by atoms with Gasteiger partial charge >= 0.3 is 5.97 Å². The Morgan fingerprint density at radius 2 is 1.79 bits per heavy atom. The smallest absolute Gasteiger partial charge is 0.323 e. The summed E-state index contributed by atoms with van der Waals surface area (Å²) in [6.45, 7) is 10.4. The van der Waals surface area contributed by atoms with Gasteiger partial charge in [0, 0.05) is 6.04 Å². The molecule has 0 aliphatic rings. The van der Waals surface area contributed by atoms with Crippen molar-refractivity contribution in [1.82, 2.24) is 4.90 Å². The van der Waals surface area contributed by atoms with Gasteiger partial charge in [-0.05, 0) is 44.9 Å². The second kappa shape index (κ2) is 6.20. The van der Waals surface area contributed by atoms with Crippen LogP contribution in [0.15, 0.2) is 24.3 Å². The Morgan fingerprint density at radius 1 is 1.26 bits per heavy atom. The average Bonchev–Trinajstić information content (AvgIpc) is 2.39. The molecule has 0 fully saturated rings. The van der Waals surface area contributed by atoms with Crippen LogP contribution >= 0.6 is 0 Å². The molecule has 3 nitrogen and oxygen atoms in total. The van der Waals surface area contributed by atoms with Gasteiger partial charge in [0.15, 0.2) is 0 Å². The summed E-state index contributed by atoms with van der Waals surface area (Å²) in [5.41, 5.74) is 1.60. The predicted octanol–water partition coefficient (Wildman–Crippen LogP) is 3.50. The summed E-state index contributed by atoms with van der Waals surface area (Å²) in [4.78, 5) is 13.4. The van der Waals surface area contributed by atoms with Gasteiger partial charge < -0.3 is 5.11 Å². The SMILES string of the molecule is CCc1ccc(C(C)N(CC)C(C)(C)C(=O)O)cc1. The molecule has 0 saturated carbocycles. The molecule has 0 spiro atoms. The Balaban J connectivity index is 3.01. The van der Waals surface area contributed by atoms with Crippen molar-refractivity contribution in [3.63, 3.8) is 0 Å². The first-order chi connectivity index (χ1) is 8.84. The van der Waals surface area contributed by atoms with E-state index in [1.807, 2.05) is 11.8 Å². The fourth-order valence-corrected chi connectivity index (χ4v) is 2.49.